The SMILES string of the molecule is COC(=O)c1ccc2nc(-c3ccc(F)cc3)c(Cc3ccsc3)n2c1. The Balaban J connectivity index is 1.91. The molecule has 0 aliphatic heterocycles. The molecule has 0 aliphatic rings. The van der Waals surface area contributed by atoms with Crippen LogP contribution in [0.2, 0.25) is 0 Å². The zero-order valence-electron chi connectivity index (χ0n) is 14.0. The smallest absolute Gasteiger partial charge is 0.339 e. The Bertz CT molecular complexity index is 1070. The van der Waals surface area contributed by atoms with E-state index in [0.717, 1.165) is 28.2 Å². The summed E-state index contributed by atoms with van der Waals surface area (Å²) in [6.45, 7) is 0. The lowest BCUT2D eigenvalue weighted by Crippen LogP contribution is -2.04. The normalized spacial score (nSPS) is 11.0. The molecule has 0 saturated carbocycles. The van der Waals surface area contributed by atoms with Gasteiger partial charge in [-0.15, -0.1) is 0 Å². The van der Waals surface area contributed by atoms with E-state index in [-0.39, 0.29) is 5.82 Å². The van der Waals surface area contributed by atoms with Crippen molar-refractivity contribution in [2.24, 2.45) is 0 Å². The number of ether oxygens (including phenoxy) is 1. The Kier molecular flexibility index (Phi) is 4.26. The third kappa shape index (κ3) is 2.99. The first-order chi connectivity index (χ1) is 12.7. The van der Waals surface area contributed by atoms with Gasteiger partial charge < -0.3 is 9.14 Å². The first kappa shape index (κ1) is 16.5. The van der Waals surface area contributed by atoms with Crippen LogP contribution in [0.15, 0.2) is 59.4 Å². The van der Waals surface area contributed by atoms with E-state index in [4.69, 9.17) is 9.72 Å². The summed E-state index contributed by atoms with van der Waals surface area (Å²) >= 11 is 1.63. The first-order valence-corrected chi connectivity index (χ1v) is 8.96. The molecule has 0 bridgehead atoms. The van der Waals surface area contributed by atoms with E-state index >= 15 is 0 Å². The van der Waals surface area contributed by atoms with Gasteiger partial charge in [0.1, 0.15) is 11.5 Å². The molecule has 0 fully saturated rings. The Morgan fingerprint density at radius 3 is 2.69 bits per heavy atom. The lowest BCUT2D eigenvalue weighted by atomic mass is 10.1. The number of nitrogens with zero attached hydrogens (tertiary/aromatic N) is 2. The van der Waals surface area contributed by atoms with Gasteiger partial charge in [-0.3, -0.25) is 0 Å². The van der Waals surface area contributed by atoms with Crippen LogP contribution in [-0.2, 0) is 11.2 Å². The molecule has 4 nitrogen and oxygen atoms in total. The standard InChI is InChI=1S/C20H15FN2O2S/c1-25-20(24)15-4-7-18-22-19(14-2-5-16(21)6-3-14)17(23(18)11-15)10-13-8-9-26-12-13/h2-9,11-12H,10H2,1H3. The number of imidazole rings is 1. The first-order valence-electron chi connectivity index (χ1n) is 8.02. The van der Waals surface area contributed by atoms with E-state index in [2.05, 4.69) is 11.4 Å². The number of rotatable bonds is 4. The number of carbonyl (C=O) groups is 1. The topological polar surface area (TPSA) is 43.6 Å². The van der Waals surface area contributed by atoms with Gasteiger partial charge in [-0.25, -0.2) is 14.2 Å². The van der Waals surface area contributed by atoms with Crippen LogP contribution in [0.5, 0.6) is 0 Å². The van der Waals surface area contributed by atoms with Crippen molar-refractivity contribution in [1.29, 1.82) is 0 Å². The number of methoxy groups -OCH3 is 1. The third-order valence-corrected chi connectivity index (χ3v) is 4.94. The zero-order valence-corrected chi connectivity index (χ0v) is 14.8. The number of benzene rings is 1. The van der Waals surface area contributed by atoms with Crippen LogP contribution in [0, 0.1) is 5.82 Å². The van der Waals surface area contributed by atoms with E-state index < -0.39 is 5.97 Å². The highest BCUT2D eigenvalue weighted by Gasteiger charge is 2.17. The number of hydrogen-bond acceptors (Lipinski definition) is 4. The molecule has 4 aromatic rings. The van der Waals surface area contributed by atoms with Crippen LogP contribution >= 0.6 is 11.3 Å². The fourth-order valence-corrected chi connectivity index (χ4v) is 3.59. The van der Waals surface area contributed by atoms with Gasteiger partial charge in [0.25, 0.3) is 0 Å². The molecule has 26 heavy (non-hydrogen) atoms. The maximum absolute atomic E-state index is 13.3. The summed E-state index contributed by atoms with van der Waals surface area (Å²) in [4.78, 5) is 16.6. The van der Waals surface area contributed by atoms with Gasteiger partial charge in [0.05, 0.1) is 24.1 Å². The molecule has 1 aromatic carbocycles. The van der Waals surface area contributed by atoms with Gasteiger partial charge in [0.2, 0.25) is 0 Å². The maximum atomic E-state index is 13.3. The van der Waals surface area contributed by atoms with Crippen molar-refractivity contribution in [3.05, 3.63) is 82.1 Å². The molecule has 0 aliphatic carbocycles. The molecule has 0 unspecified atom stereocenters. The van der Waals surface area contributed by atoms with Gasteiger partial charge >= 0.3 is 5.97 Å². The van der Waals surface area contributed by atoms with Crippen molar-refractivity contribution in [1.82, 2.24) is 9.38 Å². The van der Waals surface area contributed by atoms with Crippen molar-refractivity contribution in [2.75, 3.05) is 7.11 Å². The van der Waals surface area contributed by atoms with Crippen molar-refractivity contribution >= 4 is 23.0 Å². The van der Waals surface area contributed by atoms with Crippen LogP contribution in [0.25, 0.3) is 16.9 Å². The number of esters is 1. The van der Waals surface area contributed by atoms with Gasteiger partial charge in [-0.1, -0.05) is 0 Å². The van der Waals surface area contributed by atoms with Gasteiger partial charge in [0, 0.05) is 18.2 Å². The minimum atomic E-state index is -0.398. The Morgan fingerprint density at radius 1 is 1.19 bits per heavy atom. The molecule has 0 radical (unpaired) electrons. The molecule has 6 heteroatoms. The number of thiophene rings is 1. The predicted octanol–water partition coefficient (Wildman–Crippen LogP) is 4.58. The average Bonchev–Trinajstić information content (AvgIpc) is 3.30. The summed E-state index contributed by atoms with van der Waals surface area (Å²) in [5.41, 5.74) is 4.88. The molecular formula is C20H15FN2O2S. The van der Waals surface area contributed by atoms with Crippen LogP contribution < -0.4 is 0 Å². The number of halogens is 1. The molecule has 3 aromatic heterocycles. The fourth-order valence-electron chi connectivity index (χ4n) is 2.93. The molecule has 0 atom stereocenters. The highest BCUT2D eigenvalue weighted by Crippen LogP contribution is 2.28. The van der Waals surface area contributed by atoms with Crippen LogP contribution in [0.1, 0.15) is 21.6 Å². The zero-order chi connectivity index (χ0) is 18.1. The monoisotopic (exact) mass is 366 g/mol. The molecule has 0 amide bonds. The molecule has 0 spiro atoms. The highest BCUT2D eigenvalue weighted by atomic mass is 32.1. The Hall–Kier alpha value is -2.99. The number of carbonyl (C=O) groups excluding carboxylic acids is 1. The number of pyridine rings is 1. The van der Waals surface area contributed by atoms with E-state index in [0.29, 0.717) is 12.0 Å². The molecule has 0 N–H and O–H groups in total. The van der Waals surface area contributed by atoms with Crippen LogP contribution in [0.4, 0.5) is 4.39 Å². The van der Waals surface area contributed by atoms with Gasteiger partial charge in [0.15, 0.2) is 0 Å². The molecule has 130 valence electrons. The average molecular weight is 366 g/mol. The fraction of sp³-hybridized carbons (Fsp3) is 0.100. The molecule has 4 rings (SSSR count). The van der Waals surface area contributed by atoms with Crippen LogP contribution in [0.3, 0.4) is 0 Å². The second kappa shape index (κ2) is 6.72. The second-order valence-corrected chi connectivity index (χ2v) is 6.64. The summed E-state index contributed by atoms with van der Waals surface area (Å²) in [5, 5.41) is 4.11. The number of fused-ring (bicyclic) bond motifs is 1. The summed E-state index contributed by atoms with van der Waals surface area (Å²) < 4.78 is 20.0. The Labute approximate surface area is 153 Å². The Morgan fingerprint density at radius 2 is 2.00 bits per heavy atom. The second-order valence-electron chi connectivity index (χ2n) is 5.86. The maximum Gasteiger partial charge on any atom is 0.339 e. The lowest BCUT2D eigenvalue weighted by Gasteiger charge is -2.06. The number of aromatic nitrogens is 2. The quantitative estimate of drug-likeness (QED) is 0.497. The molecule has 3 heterocycles. The minimum absolute atomic E-state index is 0.287. The molecular weight excluding hydrogens is 351 g/mol. The van der Waals surface area contributed by atoms with Crippen molar-refractivity contribution in [3.8, 4) is 11.3 Å². The summed E-state index contributed by atoms with van der Waals surface area (Å²) in [6, 6.07) is 11.8. The lowest BCUT2D eigenvalue weighted by molar-refractivity contribution is 0.0600. The van der Waals surface area contributed by atoms with E-state index in [9.17, 15) is 9.18 Å². The van der Waals surface area contributed by atoms with Crippen molar-refractivity contribution in [2.45, 2.75) is 6.42 Å². The summed E-state index contributed by atoms with van der Waals surface area (Å²) in [7, 11) is 1.36. The highest BCUT2D eigenvalue weighted by molar-refractivity contribution is 7.07. The minimum Gasteiger partial charge on any atom is -0.465 e. The largest absolute Gasteiger partial charge is 0.465 e. The van der Waals surface area contributed by atoms with Gasteiger partial charge in [-0.05, 0) is 58.8 Å². The van der Waals surface area contributed by atoms with Crippen LogP contribution in [-0.4, -0.2) is 22.5 Å². The summed E-state index contributed by atoms with van der Waals surface area (Å²) in [5.74, 6) is -0.685. The van der Waals surface area contributed by atoms with E-state index in [1.807, 2.05) is 9.78 Å². The summed E-state index contributed by atoms with van der Waals surface area (Å²) in [6.07, 6.45) is 2.39. The predicted molar refractivity (Wildman–Crippen MR) is 99.1 cm³/mol. The molecule has 0 saturated heterocycles. The van der Waals surface area contributed by atoms with Crippen molar-refractivity contribution in [3.63, 3.8) is 0 Å². The van der Waals surface area contributed by atoms with Crippen molar-refractivity contribution < 1.29 is 13.9 Å². The van der Waals surface area contributed by atoms with E-state index in [1.54, 1.807) is 41.8 Å². The number of hydrogen-bond donors (Lipinski definition) is 0. The van der Waals surface area contributed by atoms with Gasteiger partial charge in [-0.2, -0.15) is 11.3 Å². The third-order valence-electron chi connectivity index (χ3n) is 4.21. The van der Waals surface area contributed by atoms with E-state index in [1.165, 1.54) is 19.2 Å².